The molecule has 1 aromatic rings. The van der Waals surface area contributed by atoms with Crippen molar-refractivity contribution in [2.45, 2.75) is 18.9 Å². The summed E-state index contributed by atoms with van der Waals surface area (Å²) >= 11 is 0. The van der Waals surface area contributed by atoms with Gasteiger partial charge in [0.2, 0.25) is 10.0 Å². The summed E-state index contributed by atoms with van der Waals surface area (Å²) in [6.07, 6.45) is 2.90. The maximum absolute atomic E-state index is 11.8. The molecule has 1 fully saturated rings. The minimum Gasteiger partial charge on any atom is -0.496 e. The van der Waals surface area contributed by atoms with Crippen molar-refractivity contribution in [1.82, 2.24) is 4.31 Å². The standard InChI is InChI=1S/C12H18N2O3S/c1-17-12-6-5-9(13)8-10(12)11-4-3-7-14(11)18(2,15)16/h5-6,8,11H,3-4,7,13H2,1-2H3. The van der Waals surface area contributed by atoms with E-state index < -0.39 is 10.0 Å². The number of benzene rings is 1. The van der Waals surface area contributed by atoms with Gasteiger partial charge in [-0.05, 0) is 31.0 Å². The monoisotopic (exact) mass is 270 g/mol. The third-order valence-corrected chi connectivity index (χ3v) is 4.53. The number of methoxy groups -OCH3 is 1. The zero-order chi connectivity index (χ0) is 13.3. The van der Waals surface area contributed by atoms with E-state index in [0.29, 0.717) is 18.0 Å². The van der Waals surface area contributed by atoms with E-state index in [1.165, 1.54) is 10.6 Å². The molecule has 0 saturated carbocycles. The summed E-state index contributed by atoms with van der Waals surface area (Å²) in [5.74, 6) is 0.685. The van der Waals surface area contributed by atoms with Crippen LogP contribution in [0.4, 0.5) is 5.69 Å². The van der Waals surface area contributed by atoms with E-state index in [4.69, 9.17) is 10.5 Å². The van der Waals surface area contributed by atoms with E-state index in [9.17, 15) is 8.42 Å². The predicted octanol–water partition coefficient (Wildman–Crippen LogP) is 1.37. The number of nitrogens with two attached hydrogens (primary N) is 1. The summed E-state index contributed by atoms with van der Waals surface area (Å²) in [6, 6.07) is 5.16. The lowest BCUT2D eigenvalue weighted by Gasteiger charge is -2.24. The number of hydrogen-bond donors (Lipinski definition) is 1. The minimum absolute atomic E-state index is 0.168. The Morgan fingerprint density at radius 1 is 1.44 bits per heavy atom. The van der Waals surface area contributed by atoms with Gasteiger partial charge in [-0.3, -0.25) is 0 Å². The fourth-order valence-electron chi connectivity index (χ4n) is 2.46. The first-order valence-corrected chi connectivity index (χ1v) is 7.68. The maximum atomic E-state index is 11.8. The molecule has 6 heteroatoms. The fraction of sp³-hybridized carbons (Fsp3) is 0.500. The van der Waals surface area contributed by atoms with Gasteiger partial charge in [0.05, 0.1) is 19.4 Å². The molecule has 18 heavy (non-hydrogen) atoms. The molecule has 100 valence electrons. The van der Waals surface area contributed by atoms with Gasteiger partial charge in [-0.2, -0.15) is 4.31 Å². The lowest BCUT2D eigenvalue weighted by Crippen LogP contribution is -2.29. The van der Waals surface area contributed by atoms with Crippen LogP contribution in [0.1, 0.15) is 24.4 Å². The van der Waals surface area contributed by atoms with Crippen LogP contribution in [0.2, 0.25) is 0 Å². The second-order valence-electron chi connectivity index (χ2n) is 4.53. The second kappa shape index (κ2) is 4.78. The molecule has 0 spiro atoms. The highest BCUT2D eigenvalue weighted by atomic mass is 32.2. The molecule has 1 aromatic carbocycles. The topological polar surface area (TPSA) is 72.6 Å². The molecule has 1 unspecified atom stereocenters. The second-order valence-corrected chi connectivity index (χ2v) is 6.47. The summed E-state index contributed by atoms with van der Waals surface area (Å²) in [5.41, 5.74) is 7.25. The molecular weight excluding hydrogens is 252 g/mol. The van der Waals surface area contributed by atoms with Gasteiger partial charge in [0.25, 0.3) is 0 Å². The van der Waals surface area contributed by atoms with Gasteiger partial charge < -0.3 is 10.5 Å². The highest BCUT2D eigenvalue weighted by Gasteiger charge is 2.34. The van der Waals surface area contributed by atoms with Crippen LogP contribution >= 0.6 is 0 Å². The SMILES string of the molecule is COc1ccc(N)cc1C1CCCN1S(C)(=O)=O. The van der Waals surface area contributed by atoms with Gasteiger partial charge in [-0.25, -0.2) is 8.42 Å². The third kappa shape index (κ3) is 2.44. The van der Waals surface area contributed by atoms with Gasteiger partial charge in [0.1, 0.15) is 5.75 Å². The van der Waals surface area contributed by atoms with Gasteiger partial charge in [-0.1, -0.05) is 0 Å². The van der Waals surface area contributed by atoms with Crippen LogP contribution in [0.5, 0.6) is 5.75 Å². The Balaban J connectivity index is 2.44. The van der Waals surface area contributed by atoms with Crippen LogP contribution in [0.3, 0.4) is 0 Å². The number of ether oxygens (including phenoxy) is 1. The van der Waals surface area contributed by atoms with Crippen molar-refractivity contribution in [3.63, 3.8) is 0 Å². The van der Waals surface area contributed by atoms with Crippen molar-refractivity contribution in [1.29, 1.82) is 0 Å². The minimum atomic E-state index is -3.20. The van der Waals surface area contributed by atoms with Crippen LogP contribution in [-0.4, -0.2) is 32.6 Å². The number of rotatable bonds is 3. The number of anilines is 1. The van der Waals surface area contributed by atoms with Gasteiger partial charge in [0, 0.05) is 17.8 Å². The molecule has 1 heterocycles. The van der Waals surface area contributed by atoms with E-state index in [-0.39, 0.29) is 6.04 Å². The Morgan fingerprint density at radius 2 is 2.17 bits per heavy atom. The number of sulfonamides is 1. The highest BCUT2D eigenvalue weighted by Crippen LogP contribution is 2.39. The van der Waals surface area contributed by atoms with Crippen molar-refractivity contribution in [3.8, 4) is 5.75 Å². The lowest BCUT2D eigenvalue weighted by molar-refractivity contribution is 0.368. The summed E-state index contributed by atoms with van der Waals surface area (Å²) in [4.78, 5) is 0. The summed E-state index contributed by atoms with van der Waals surface area (Å²) < 4.78 is 30.3. The molecule has 0 radical (unpaired) electrons. The van der Waals surface area contributed by atoms with E-state index in [0.717, 1.165) is 18.4 Å². The number of nitrogen functional groups attached to an aromatic ring is 1. The van der Waals surface area contributed by atoms with Crippen LogP contribution in [0.15, 0.2) is 18.2 Å². The number of nitrogens with zero attached hydrogens (tertiary/aromatic N) is 1. The highest BCUT2D eigenvalue weighted by molar-refractivity contribution is 7.88. The zero-order valence-electron chi connectivity index (χ0n) is 10.6. The van der Waals surface area contributed by atoms with E-state index in [1.54, 1.807) is 25.3 Å². The Labute approximate surface area is 108 Å². The molecule has 1 saturated heterocycles. The molecule has 1 aliphatic rings. The molecule has 1 aliphatic heterocycles. The van der Waals surface area contributed by atoms with Crippen molar-refractivity contribution in [2.24, 2.45) is 0 Å². The fourth-order valence-corrected chi connectivity index (χ4v) is 3.60. The molecule has 1 atom stereocenters. The average Bonchev–Trinajstić information content (AvgIpc) is 2.77. The van der Waals surface area contributed by atoms with Gasteiger partial charge in [-0.15, -0.1) is 0 Å². The van der Waals surface area contributed by atoms with Crippen LogP contribution < -0.4 is 10.5 Å². The first kappa shape index (κ1) is 13.2. The van der Waals surface area contributed by atoms with E-state index in [1.807, 2.05) is 0 Å². The Bertz CT molecular complexity index is 542. The molecule has 2 rings (SSSR count). The van der Waals surface area contributed by atoms with Crippen molar-refractivity contribution < 1.29 is 13.2 Å². The zero-order valence-corrected chi connectivity index (χ0v) is 11.4. The predicted molar refractivity (Wildman–Crippen MR) is 70.9 cm³/mol. The molecule has 0 aliphatic carbocycles. The average molecular weight is 270 g/mol. The lowest BCUT2D eigenvalue weighted by atomic mass is 10.0. The first-order chi connectivity index (χ1) is 8.43. The summed E-state index contributed by atoms with van der Waals surface area (Å²) in [6.45, 7) is 0.557. The van der Waals surface area contributed by atoms with Crippen molar-refractivity contribution in [3.05, 3.63) is 23.8 Å². The maximum Gasteiger partial charge on any atom is 0.211 e. The molecule has 0 amide bonds. The normalized spacial score (nSPS) is 21.1. The van der Waals surface area contributed by atoms with Gasteiger partial charge >= 0.3 is 0 Å². The van der Waals surface area contributed by atoms with Crippen LogP contribution in [0, 0.1) is 0 Å². The van der Waals surface area contributed by atoms with Crippen molar-refractivity contribution in [2.75, 3.05) is 25.6 Å². The third-order valence-electron chi connectivity index (χ3n) is 3.24. The van der Waals surface area contributed by atoms with Crippen molar-refractivity contribution >= 4 is 15.7 Å². The van der Waals surface area contributed by atoms with E-state index in [2.05, 4.69) is 0 Å². The summed E-state index contributed by atoms with van der Waals surface area (Å²) in [5, 5.41) is 0. The molecular formula is C12H18N2O3S. The van der Waals surface area contributed by atoms with Gasteiger partial charge in [0.15, 0.2) is 0 Å². The molecule has 5 nitrogen and oxygen atoms in total. The first-order valence-electron chi connectivity index (χ1n) is 5.83. The number of hydrogen-bond acceptors (Lipinski definition) is 4. The Kier molecular flexibility index (Phi) is 3.49. The smallest absolute Gasteiger partial charge is 0.211 e. The van der Waals surface area contributed by atoms with E-state index >= 15 is 0 Å². The van der Waals surface area contributed by atoms with Crippen LogP contribution in [0.25, 0.3) is 0 Å². The van der Waals surface area contributed by atoms with Crippen LogP contribution in [-0.2, 0) is 10.0 Å². The largest absolute Gasteiger partial charge is 0.496 e. The Morgan fingerprint density at radius 3 is 2.78 bits per heavy atom. The Hall–Kier alpha value is -1.27. The summed E-state index contributed by atoms with van der Waals surface area (Å²) in [7, 11) is -1.62. The quantitative estimate of drug-likeness (QED) is 0.842. The molecule has 0 bridgehead atoms. The molecule has 2 N–H and O–H groups in total. The molecule has 0 aromatic heterocycles.